The van der Waals surface area contributed by atoms with Crippen LogP contribution in [0.2, 0.25) is 0 Å². The van der Waals surface area contributed by atoms with Gasteiger partial charge in [-0.15, -0.1) is 0 Å². The lowest BCUT2D eigenvalue weighted by Gasteiger charge is -2.18. The molecule has 2 heterocycles. The Bertz CT molecular complexity index is 1220. The van der Waals surface area contributed by atoms with Crippen LogP contribution in [0.15, 0.2) is 67.0 Å². The smallest absolute Gasteiger partial charge is 0.343 e. The summed E-state index contributed by atoms with van der Waals surface area (Å²) in [5.74, 6) is -0.809. The first kappa shape index (κ1) is 19.1. The lowest BCUT2D eigenvalue weighted by molar-refractivity contribution is 0.433. The van der Waals surface area contributed by atoms with Gasteiger partial charge in [0.1, 0.15) is 22.7 Å². The molecule has 4 rings (SSSR count). The van der Waals surface area contributed by atoms with Crippen LogP contribution in [-0.4, -0.2) is 22.2 Å². The standard InChI is InChI=1S/C22H18O6S/c1-29-11-10-14(17-19(23)12-6-2-4-8-15(12)27-21(17)25)18-20(24)13-7-3-5-9-16(13)28-22(18)26/h2-9,14,23-24H,10-11H2,1H3. The Kier molecular flexibility index (Phi) is 5.07. The predicted octanol–water partition coefficient (Wildman–Crippen LogP) is 4.20. The molecule has 0 unspecified atom stereocenters. The molecule has 0 amide bonds. The molecule has 4 aromatic rings. The maximum Gasteiger partial charge on any atom is 0.343 e. The van der Waals surface area contributed by atoms with Gasteiger partial charge in [0.25, 0.3) is 0 Å². The fraction of sp³-hybridized carbons (Fsp3) is 0.182. The van der Waals surface area contributed by atoms with Gasteiger partial charge in [-0.3, -0.25) is 0 Å². The molecule has 0 spiro atoms. The maximum atomic E-state index is 12.8. The highest BCUT2D eigenvalue weighted by molar-refractivity contribution is 7.98. The highest BCUT2D eigenvalue weighted by atomic mass is 32.2. The largest absolute Gasteiger partial charge is 0.507 e. The number of rotatable bonds is 5. The second kappa shape index (κ2) is 7.67. The number of para-hydroxylation sites is 2. The summed E-state index contributed by atoms with van der Waals surface area (Å²) in [5, 5.41) is 22.5. The summed E-state index contributed by atoms with van der Waals surface area (Å²) in [6.07, 6.45) is 2.22. The van der Waals surface area contributed by atoms with Crippen molar-refractivity contribution in [1.82, 2.24) is 0 Å². The number of thioether (sulfide) groups is 1. The minimum atomic E-state index is -0.885. The van der Waals surface area contributed by atoms with Gasteiger partial charge in [0.15, 0.2) is 0 Å². The summed E-state index contributed by atoms with van der Waals surface area (Å²) in [5.41, 5.74) is -1.13. The molecule has 2 aromatic carbocycles. The molecule has 2 N–H and O–H groups in total. The fourth-order valence-electron chi connectivity index (χ4n) is 3.58. The molecule has 2 aromatic heterocycles. The van der Waals surface area contributed by atoms with E-state index in [1.165, 1.54) is 11.8 Å². The first-order chi connectivity index (χ1) is 14.0. The molecule has 7 heteroatoms. The maximum absolute atomic E-state index is 12.8. The van der Waals surface area contributed by atoms with E-state index in [9.17, 15) is 19.8 Å². The van der Waals surface area contributed by atoms with Crippen LogP contribution in [0.25, 0.3) is 21.9 Å². The molecule has 0 radical (unpaired) electrons. The first-order valence-corrected chi connectivity index (χ1v) is 10.4. The predicted molar refractivity (Wildman–Crippen MR) is 113 cm³/mol. The van der Waals surface area contributed by atoms with E-state index in [1.807, 2.05) is 6.26 Å². The van der Waals surface area contributed by atoms with Crippen molar-refractivity contribution >= 4 is 33.7 Å². The summed E-state index contributed by atoms with van der Waals surface area (Å²) >= 11 is 1.52. The van der Waals surface area contributed by atoms with Crippen LogP contribution in [0, 0.1) is 0 Å². The highest BCUT2D eigenvalue weighted by Gasteiger charge is 2.30. The van der Waals surface area contributed by atoms with Crippen molar-refractivity contribution in [2.75, 3.05) is 12.0 Å². The number of fused-ring (bicyclic) bond motifs is 2. The lowest BCUT2D eigenvalue weighted by Crippen LogP contribution is -2.21. The van der Waals surface area contributed by atoms with Gasteiger partial charge in [-0.25, -0.2) is 9.59 Å². The van der Waals surface area contributed by atoms with Crippen LogP contribution in [0.5, 0.6) is 11.5 Å². The first-order valence-electron chi connectivity index (χ1n) is 9.01. The second-order valence-corrected chi connectivity index (χ2v) is 7.62. The molecule has 0 aliphatic heterocycles. The van der Waals surface area contributed by atoms with Gasteiger partial charge >= 0.3 is 11.3 Å². The molecule has 0 aliphatic carbocycles. The Hall–Kier alpha value is -3.19. The quantitative estimate of drug-likeness (QED) is 0.476. The van der Waals surface area contributed by atoms with Gasteiger partial charge < -0.3 is 19.0 Å². The van der Waals surface area contributed by atoms with E-state index in [-0.39, 0.29) is 33.8 Å². The monoisotopic (exact) mass is 410 g/mol. The van der Waals surface area contributed by atoms with Crippen LogP contribution in [0.3, 0.4) is 0 Å². The topological polar surface area (TPSA) is 101 Å². The average molecular weight is 410 g/mol. The molecule has 29 heavy (non-hydrogen) atoms. The minimum Gasteiger partial charge on any atom is -0.507 e. The van der Waals surface area contributed by atoms with Gasteiger partial charge in [0.05, 0.1) is 21.9 Å². The van der Waals surface area contributed by atoms with Crippen LogP contribution >= 0.6 is 11.8 Å². The van der Waals surface area contributed by atoms with Crippen LogP contribution in [-0.2, 0) is 0 Å². The van der Waals surface area contributed by atoms with Gasteiger partial charge in [-0.2, -0.15) is 11.8 Å². The third kappa shape index (κ3) is 3.27. The van der Waals surface area contributed by atoms with Gasteiger partial charge in [0, 0.05) is 5.92 Å². The van der Waals surface area contributed by atoms with Crippen LogP contribution in [0.1, 0.15) is 23.5 Å². The Morgan fingerprint density at radius 3 is 1.72 bits per heavy atom. The van der Waals surface area contributed by atoms with Crippen molar-refractivity contribution in [2.24, 2.45) is 0 Å². The number of benzene rings is 2. The third-order valence-electron chi connectivity index (χ3n) is 4.95. The van der Waals surface area contributed by atoms with Crippen LogP contribution in [0.4, 0.5) is 0 Å². The molecule has 0 atom stereocenters. The van der Waals surface area contributed by atoms with E-state index in [4.69, 9.17) is 8.83 Å². The van der Waals surface area contributed by atoms with Crippen LogP contribution < -0.4 is 11.3 Å². The molecule has 148 valence electrons. The van der Waals surface area contributed by atoms with Crippen molar-refractivity contribution in [1.29, 1.82) is 0 Å². The molecular formula is C22H18O6S. The summed E-state index contributed by atoms with van der Waals surface area (Å²) in [4.78, 5) is 25.5. The average Bonchev–Trinajstić information content (AvgIpc) is 2.71. The second-order valence-electron chi connectivity index (χ2n) is 6.63. The normalized spacial score (nSPS) is 11.5. The van der Waals surface area contributed by atoms with Gasteiger partial charge in [-0.05, 0) is 42.7 Å². The minimum absolute atomic E-state index is 0.0596. The van der Waals surface area contributed by atoms with E-state index < -0.39 is 17.2 Å². The van der Waals surface area contributed by atoms with Crippen molar-refractivity contribution in [3.05, 3.63) is 80.5 Å². The molecule has 6 nitrogen and oxygen atoms in total. The Morgan fingerprint density at radius 2 is 1.28 bits per heavy atom. The van der Waals surface area contributed by atoms with E-state index in [2.05, 4.69) is 0 Å². The summed E-state index contributed by atoms with van der Waals surface area (Å²) in [7, 11) is 0. The Labute approximate surface area is 169 Å². The molecular weight excluding hydrogens is 392 g/mol. The molecule has 0 aliphatic rings. The molecule has 0 saturated heterocycles. The van der Waals surface area contributed by atoms with Gasteiger partial charge in [0.2, 0.25) is 0 Å². The zero-order valence-electron chi connectivity index (χ0n) is 15.5. The zero-order chi connectivity index (χ0) is 20.5. The highest BCUT2D eigenvalue weighted by Crippen LogP contribution is 2.40. The summed E-state index contributed by atoms with van der Waals surface area (Å²) in [6.45, 7) is 0. The summed E-state index contributed by atoms with van der Waals surface area (Å²) in [6, 6.07) is 13.2. The van der Waals surface area contributed by atoms with Gasteiger partial charge in [-0.1, -0.05) is 24.3 Å². The van der Waals surface area contributed by atoms with Crippen molar-refractivity contribution < 1.29 is 19.0 Å². The molecule has 0 fully saturated rings. The lowest BCUT2D eigenvalue weighted by atomic mass is 9.88. The summed E-state index contributed by atoms with van der Waals surface area (Å²) < 4.78 is 10.8. The number of hydrogen-bond acceptors (Lipinski definition) is 7. The van der Waals surface area contributed by atoms with E-state index >= 15 is 0 Å². The molecule has 0 saturated carbocycles. The Balaban J connectivity index is 2.03. The number of aromatic hydroxyl groups is 2. The third-order valence-corrected chi connectivity index (χ3v) is 5.59. The van der Waals surface area contributed by atoms with E-state index in [1.54, 1.807) is 48.5 Å². The van der Waals surface area contributed by atoms with E-state index in [0.717, 1.165) is 0 Å². The SMILES string of the molecule is CSCCC(c1c(O)c2ccccc2oc1=O)c1c(O)c2ccccc2oc1=O. The Morgan fingerprint density at radius 1 is 0.828 bits per heavy atom. The molecule has 0 bridgehead atoms. The van der Waals surface area contributed by atoms with Crippen molar-refractivity contribution in [3.63, 3.8) is 0 Å². The van der Waals surface area contributed by atoms with Crippen molar-refractivity contribution in [3.8, 4) is 11.5 Å². The fourth-order valence-corrected chi connectivity index (χ4v) is 4.05. The van der Waals surface area contributed by atoms with E-state index in [0.29, 0.717) is 22.9 Å². The number of hydrogen-bond donors (Lipinski definition) is 2. The van der Waals surface area contributed by atoms with Crippen molar-refractivity contribution in [2.45, 2.75) is 12.3 Å². The zero-order valence-corrected chi connectivity index (χ0v) is 16.4.